The van der Waals surface area contributed by atoms with Crippen LogP contribution >= 0.6 is 0 Å². The third kappa shape index (κ3) is 8.61. The largest absolute Gasteiger partial charge is 0.550 e. The third-order valence-electron chi connectivity index (χ3n) is 6.92. The van der Waals surface area contributed by atoms with Gasteiger partial charge >= 0.3 is 0 Å². The molecule has 0 aliphatic rings. The van der Waals surface area contributed by atoms with E-state index in [1.54, 1.807) is 24.3 Å². The number of hydrogen-bond donors (Lipinski definition) is 4. The van der Waals surface area contributed by atoms with Crippen molar-refractivity contribution in [3.8, 4) is 22.4 Å². The molecule has 0 radical (unpaired) electrons. The van der Waals surface area contributed by atoms with Crippen LogP contribution in [0.3, 0.4) is 0 Å². The number of carbonyl (C=O) groups is 2. The molecule has 4 aromatic rings. The van der Waals surface area contributed by atoms with Gasteiger partial charge in [0.15, 0.2) is 0 Å². The monoisotopic (exact) mass is 589 g/mol. The lowest BCUT2D eigenvalue weighted by Gasteiger charge is -2.20. The van der Waals surface area contributed by atoms with Gasteiger partial charge in [0.25, 0.3) is 5.91 Å². The number of halogens is 1. The molecule has 3 aromatic carbocycles. The van der Waals surface area contributed by atoms with E-state index >= 15 is 0 Å². The van der Waals surface area contributed by atoms with Crippen LogP contribution < -0.4 is 10.4 Å². The number of aliphatic carboxylic acids is 1. The van der Waals surface area contributed by atoms with Crippen molar-refractivity contribution in [2.24, 2.45) is 0 Å². The molecular formula is C34H38FN2O6-. The predicted octanol–water partition coefficient (Wildman–Crippen LogP) is 4.59. The van der Waals surface area contributed by atoms with E-state index in [9.17, 15) is 29.3 Å². The number of para-hydroxylation sites is 1. The minimum Gasteiger partial charge on any atom is -0.550 e. The molecule has 0 fully saturated rings. The number of nitrogens with zero attached hydrogens (tertiary/aromatic N) is 1. The Balaban J connectivity index is 0.00000248. The van der Waals surface area contributed by atoms with Gasteiger partial charge in [0.05, 0.1) is 23.5 Å². The third-order valence-corrected chi connectivity index (χ3v) is 6.92. The molecule has 228 valence electrons. The second-order valence-electron chi connectivity index (χ2n) is 10.4. The Labute approximate surface area is 251 Å². The van der Waals surface area contributed by atoms with E-state index in [1.165, 1.54) is 12.1 Å². The maximum absolute atomic E-state index is 14.0. The number of carboxylic acids is 1. The van der Waals surface area contributed by atoms with Gasteiger partial charge in [0, 0.05) is 43.0 Å². The highest BCUT2D eigenvalue weighted by Gasteiger charge is 2.30. The molecule has 9 heteroatoms. The number of hydrogen-bond acceptors (Lipinski definition) is 6. The number of aliphatic hydroxyl groups is 3. The first-order chi connectivity index (χ1) is 20.7. The zero-order chi connectivity index (χ0) is 31.5. The molecule has 1 aromatic heterocycles. The Morgan fingerprint density at radius 1 is 0.860 bits per heavy atom. The lowest BCUT2D eigenvalue weighted by molar-refractivity contribution is -0.307. The van der Waals surface area contributed by atoms with E-state index in [0.29, 0.717) is 28.1 Å². The second-order valence-corrected chi connectivity index (χ2v) is 10.4. The van der Waals surface area contributed by atoms with Crippen LogP contribution in [0.15, 0.2) is 84.9 Å². The molecule has 4 N–H and O–H groups in total. The summed E-state index contributed by atoms with van der Waals surface area (Å²) in [5.74, 6) is -2.20. The van der Waals surface area contributed by atoms with Gasteiger partial charge in [0.2, 0.25) is 0 Å². The molecule has 0 bridgehead atoms. The molecule has 0 spiro atoms. The number of benzene rings is 3. The first kappa shape index (κ1) is 33.2. The quantitative estimate of drug-likeness (QED) is 0.191. The Hall–Kier alpha value is -4.31. The first-order valence-electron chi connectivity index (χ1n) is 14.1. The predicted molar refractivity (Wildman–Crippen MR) is 163 cm³/mol. The summed E-state index contributed by atoms with van der Waals surface area (Å²) in [5.41, 5.74) is 4.72. The Morgan fingerprint density at radius 3 is 2.00 bits per heavy atom. The Morgan fingerprint density at radius 2 is 1.44 bits per heavy atom. The van der Waals surface area contributed by atoms with Gasteiger partial charge in [-0.1, -0.05) is 62.4 Å². The van der Waals surface area contributed by atoms with Crippen molar-refractivity contribution in [3.05, 3.63) is 102 Å². The van der Waals surface area contributed by atoms with E-state index in [2.05, 4.69) is 5.32 Å². The average Bonchev–Trinajstić information content (AvgIpc) is 3.33. The molecule has 0 aliphatic carbocycles. The van der Waals surface area contributed by atoms with E-state index in [1.807, 2.05) is 66.9 Å². The van der Waals surface area contributed by atoms with Crippen LogP contribution in [0, 0.1) is 5.82 Å². The molecule has 2 atom stereocenters. The summed E-state index contributed by atoms with van der Waals surface area (Å²) in [7, 11) is 1.00. The number of rotatable bonds is 12. The zero-order valence-electron chi connectivity index (χ0n) is 24.5. The average molecular weight is 590 g/mol. The molecule has 0 saturated carbocycles. The normalized spacial score (nSPS) is 12.3. The van der Waals surface area contributed by atoms with E-state index in [4.69, 9.17) is 5.11 Å². The van der Waals surface area contributed by atoms with Crippen LogP contribution in [0.2, 0.25) is 0 Å². The minimum atomic E-state index is -1.39. The van der Waals surface area contributed by atoms with Crippen LogP contribution in [0.1, 0.15) is 55.1 Å². The highest BCUT2D eigenvalue weighted by molar-refractivity contribution is 6.12. The van der Waals surface area contributed by atoms with Crippen LogP contribution in [0.25, 0.3) is 22.4 Å². The number of anilines is 1. The van der Waals surface area contributed by atoms with Gasteiger partial charge < -0.3 is 35.1 Å². The van der Waals surface area contributed by atoms with Crippen LogP contribution in [0.5, 0.6) is 0 Å². The summed E-state index contributed by atoms with van der Waals surface area (Å²) in [5, 5.41) is 41.6. The SMILES string of the molecule is CC(C)c1c(C(=O)Nc2ccccc2)c(-c2ccccc2)c(-c2ccc(F)cc2)n1CC[C@@H](O)C[C@@H](O)CC(=O)[O-].CO. The van der Waals surface area contributed by atoms with E-state index < -0.39 is 30.4 Å². The fourth-order valence-electron chi connectivity index (χ4n) is 5.19. The zero-order valence-corrected chi connectivity index (χ0v) is 24.5. The van der Waals surface area contributed by atoms with Crippen molar-refractivity contribution in [2.75, 3.05) is 12.4 Å². The summed E-state index contributed by atoms with van der Waals surface area (Å²) in [6, 6.07) is 24.7. The summed E-state index contributed by atoms with van der Waals surface area (Å²) in [6.45, 7) is 4.22. The van der Waals surface area contributed by atoms with Gasteiger partial charge in [-0.15, -0.1) is 0 Å². The smallest absolute Gasteiger partial charge is 0.258 e. The molecule has 8 nitrogen and oxygen atoms in total. The number of aromatic nitrogens is 1. The van der Waals surface area contributed by atoms with Crippen molar-refractivity contribution < 1.29 is 34.4 Å². The molecule has 4 rings (SSSR count). The van der Waals surface area contributed by atoms with Gasteiger partial charge in [0.1, 0.15) is 5.82 Å². The van der Waals surface area contributed by atoms with E-state index in [0.717, 1.165) is 18.4 Å². The van der Waals surface area contributed by atoms with E-state index in [-0.39, 0.29) is 31.2 Å². The van der Waals surface area contributed by atoms with Crippen molar-refractivity contribution in [1.82, 2.24) is 4.57 Å². The minimum absolute atomic E-state index is 0.121. The van der Waals surface area contributed by atoms with Crippen molar-refractivity contribution in [1.29, 1.82) is 0 Å². The molecule has 1 amide bonds. The maximum atomic E-state index is 14.0. The molecule has 0 unspecified atom stereocenters. The summed E-state index contributed by atoms with van der Waals surface area (Å²) in [6.07, 6.45) is -2.77. The van der Waals surface area contributed by atoms with Crippen LogP contribution in [0.4, 0.5) is 10.1 Å². The molecular weight excluding hydrogens is 551 g/mol. The highest BCUT2D eigenvalue weighted by Crippen LogP contribution is 2.42. The Kier molecular flexibility index (Phi) is 12.2. The number of carbonyl (C=O) groups excluding carboxylic acids is 2. The van der Waals surface area contributed by atoms with Gasteiger partial charge in [-0.3, -0.25) is 4.79 Å². The lowest BCUT2D eigenvalue weighted by Crippen LogP contribution is -2.29. The van der Waals surface area contributed by atoms with Gasteiger partial charge in [-0.05, 0) is 66.3 Å². The maximum Gasteiger partial charge on any atom is 0.258 e. The van der Waals surface area contributed by atoms with Crippen molar-refractivity contribution in [3.63, 3.8) is 0 Å². The molecule has 43 heavy (non-hydrogen) atoms. The number of carboxylic acid groups (broad SMARTS) is 1. The molecule has 0 aliphatic heterocycles. The fourth-order valence-corrected chi connectivity index (χ4v) is 5.19. The fraction of sp³-hybridized carbons (Fsp3) is 0.294. The summed E-state index contributed by atoms with van der Waals surface area (Å²) in [4.78, 5) is 24.9. The topological polar surface area (TPSA) is 135 Å². The Bertz CT molecular complexity index is 1470. The molecule has 0 saturated heterocycles. The van der Waals surface area contributed by atoms with Gasteiger partial charge in [-0.25, -0.2) is 4.39 Å². The van der Waals surface area contributed by atoms with Crippen molar-refractivity contribution in [2.45, 2.75) is 57.8 Å². The van der Waals surface area contributed by atoms with Crippen LogP contribution in [-0.4, -0.2) is 51.1 Å². The van der Waals surface area contributed by atoms with Gasteiger partial charge in [-0.2, -0.15) is 0 Å². The van der Waals surface area contributed by atoms with Crippen molar-refractivity contribution >= 4 is 17.6 Å². The highest BCUT2D eigenvalue weighted by atomic mass is 19.1. The summed E-state index contributed by atoms with van der Waals surface area (Å²) >= 11 is 0. The van der Waals surface area contributed by atoms with Crippen LogP contribution in [-0.2, 0) is 11.3 Å². The lowest BCUT2D eigenvalue weighted by atomic mass is 9.94. The standard InChI is InChI=1S/C33H35FN2O5.CH4O/c1-21(2)31-30(33(41)35-25-11-7-4-8-12-25)29(22-9-5-3-6-10-22)32(23-13-15-24(34)16-14-23)36(31)18-17-26(37)19-27(38)20-28(39)40;1-2/h3-16,21,26-27,37-38H,17-20H2,1-2H3,(H,35,41)(H,39,40);2H,1H3/p-1/t26-,27-;/m1./s1. The molecule has 1 heterocycles. The first-order valence-corrected chi connectivity index (χ1v) is 14.1. The number of amides is 1. The summed E-state index contributed by atoms with van der Waals surface area (Å²) < 4.78 is 16.0. The number of aliphatic hydroxyl groups excluding tert-OH is 3. The number of nitrogens with one attached hydrogen (secondary N) is 1. The second kappa shape index (κ2) is 15.8.